The van der Waals surface area contributed by atoms with Crippen molar-refractivity contribution in [3.8, 4) is 0 Å². The van der Waals surface area contributed by atoms with Crippen LogP contribution in [0.1, 0.15) is 17.7 Å². The summed E-state index contributed by atoms with van der Waals surface area (Å²) in [6, 6.07) is 4.29. The number of hydrogen-bond acceptors (Lipinski definition) is 4. The molecule has 0 aliphatic heterocycles. The molecule has 2 heterocycles. The van der Waals surface area contributed by atoms with E-state index >= 15 is 0 Å². The second-order valence-corrected chi connectivity index (χ2v) is 10.2. The van der Waals surface area contributed by atoms with E-state index in [9.17, 15) is 8.42 Å². The summed E-state index contributed by atoms with van der Waals surface area (Å²) in [5.41, 5.74) is -0.303. The molecule has 0 radical (unpaired) electrons. The SMILES string of the molecule is CS(=O)(=O)NC1(c2cc3sc(I)cc3s2)CC1. The van der Waals surface area contributed by atoms with E-state index in [0.717, 1.165) is 17.7 Å². The average Bonchev–Trinajstić information content (AvgIpc) is 2.65. The first-order valence-corrected chi connectivity index (χ1v) is 9.67. The Bertz CT molecular complexity index is 650. The number of halogens is 1. The van der Waals surface area contributed by atoms with Gasteiger partial charge in [0.05, 0.1) is 14.7 Å². The molecule has 0 saturated heterocycles. The first-order valence-electron chi connectivity index (χ1n) is 5.06. The molecule has 0 bridgehead atoms. The van der Waals surface area contributed by atoms with E-state index in [4.69, 9.17) is 0 Å². The first kappa shape index (κ1) is 12.3. The molecule has 7 heteroatoms. The number of fused-ring (bicyclic) bond motifs is 1. The Morgan fingerprint density at radius 1 is 1.29 bits per heavy atom. The van der Waals surface area contributed by atoms with Crippen LogP contribution in [-0.4, -0.2) is 14.7 Å². The lowest BCUT2D eigenvalue weighted by Gasteiger charge is -2.13. The van der Waals surface area contributed by atoms with Crippen molar-refractivity contribution in [1.82, 2.24) is 4.72 Å². The number of hydrogen-bond donors (Lipinski definition) is 1. The van der Waals surface area contributed by atoms with Crippen LogP contribution < -0.4 is 4.72 Å². The van der Waals surface area contributed by atoms with Gasteiger partial charge in [-0.25, -0.2) is 13.1 Å². The van der Waals surface area contributed by atoms with Crippen LogP contribution >= 0.6 is 45.3 Å². The smallest absolute Gasteiger partial charge is 0.209 e. The molecule has 1 N–H and O–H groups in total. The van der Waals surface area contributed by atoms with E-state index in [1.54, 1.807) is 22.7 Å². The Hall–Kier alpha value is 0.300. The predicted molar refractivity (Wildman–Crippen MR) is 81.3 cm³/mol. The molecule has 1 aliphatic carbocycles. The van der Waals surface area contributed by atoms with Crippen LogP contribution in [0.25, 0.3) is 9.40 Å². The quantitative estimate of drug-likeness (QED) is 0.807. The molecular weight excluding hydrogens is 389 g/mol. The maximum Gasteiger partial charge on any atom is 0.209 e. The Balaban J connectivity index is 2.01. The average molecular weight is 399 g/mol. The van der Waals surface area contributed by atoms with E-state index < -0.39 is 10.0 Å². The molecule has 1 fully saturated rings. The zero-order valence-corrected chi connectivity index (χ0v) is 13.6. The Kier molecular flexibility index (Phi) is 2.83. The van der Waals surface area contributed by atoms with Crippen LogP contribution in [0, 0.1) is 2.88 Å². The maximum atomic E-state index is 11.4. The summed E-state index contributed by atoms with van der Waals surface area (Å²) in [4.78, 5) is 1.15. The second kappa shape index (κ2) is 3.89. The zero-order valence-electron chi connectivity index (χ0n) is 8.99. The second-order valence-electron chi connectivity index (χ2n) is 4.35. The van der Waals surface area contributed by atoms with E-state index in [1.807, 2.05) is 0 Å². The van der Waals surface area contributed by atoms with Gasteiger partial charge in [0.2, 0.25) is 10.0 Å². The monoisotopic (exact) mass is 399 g/mol. The number of sulfonamides is 1. The van der Waals surface area contributed by atoms with Crippen LogP contribution in [0.2, 0.25) is 0 Å². The number of rotatable bonds is 3. The highest BCUT2D eigenvalue weighted by atomic mass is 127. The molecule has 0 aromatic carbocycles. The van der Waals surface area contributed by atoms with E-state index in [1.165, 1.54) is 18.5 Å². The fourth-order valence-corrected chi connectivity index (χ4v) is 6.57. The summed E-state index contributed by atoms with van der Waals surface area (Å²) < 4.78 is 29.3. The fraction of sp³-hybridized carbons (Fsp3) is 0.400. The summed E-state index contributed by atoms with van der Waals surface area (Å²) in [7, 11) is -3.14. The van der Waals surface area contributed by atoms with Gasteiger partial charge >= 0.3 is 0 Å². The Labute approximate surface area is 121 Å². The van der Waals surface area contributed by atoms with Crippen molar-refractivity contribution in [3.63, 3.8) is 0 Å². The van der Waals surface area contributed by atoms with E-state index in [-0.39, 0.29) is 5.54 Å². The van der Waals surface area contributed by atoms with Gasteiger partial charge in [0.25, 0.3) is 0 Å². The van der Waals surface area contributed by atoms with Gasteiger partial charge in [-0.05, 0) is 47.6 Å². The molecule has 2 aromatic heterocycles. The Morgan fingerprint density at radius 3 is 2.47 bits per heavy atom. The first-order chi connectivity index (χ1) is 7.88. The normalized spacial score (nSPS) is 18.7. The van der Waals surface area contributed by atoms with Crippen molar-refractivity contribution in [2.75, 3.05) is 6.26 Å². The van der Waals surface area contributed by atoms with Crippen LogP contribution in [-0.2, 0) is 15.6 Å². The van der Waals surface area contributed by atoms with Gasteiger partial charge in [-0.2, -0.15) is 0 Å². The molecule has 0 unspecified atom stereocenters. The summed E-state index contributed by atoms with van der Waals surface area (Å²) in [5, 5.41) is 0. The lowest BCUT2D eigenvalue weighted by Crippen LogP contribution is -2.33. The van der Waals surface area contributed by atoms with Gasteiger partial charge < -0.3 is 0 Å². The summed E-state index contributed by atoms with van der Waals surface area (Å²) >= 11 is 5.78. The largest absolute Gasteiger partial charge is 0.213 e. The van der Waals surface area contributed by atoms with E-state index in [2.05, 4.69) is 39.4 Å². The molecule has 2 aromatic rings. The van der Waals surface area contributed by atoms with Crippen molar-refractivity contribution < 1.29 is 8.42 Å². The summed E-state index contributed by atoms with van der Waals surface area (Å²) in [6.07, 6.45) is 3.04. The molecule has 1 saturated carbocycles. The third-order valence-electron chi connectivity index (χ3n) is 2.78. The summed E-state index contributed by atoms with van der Waals surface area (Å²) in [5.74, 6) is 0. The Morgan fingerprint density at radius 2 is 1.94 bits per heavy atom. The van der Waals surface area contributed by atoms with Gasteiger partial charge in [-0.1, -0.05) is 0 Å². The third-order valence-corrected chi connectivity index (χ3v) is 6.80. The highest BCUT2D eigenvalue weighted by Gasteiger charge is 2.47. The maximum absolute atomic E-state index is 11.4. The van der Waals surface area contributed by atoms with Crippen molar-refractivity contribution in [2.45, 2.75) is 18.4 Å². The lowest BCUT2D eigenvalue weighted by molar-refractivity contribution is 0.561. The highest BCUT2D eigenvalue weighted by molar-refractivity contribution is 14.1. The number of thiophene rings is 2. The van der Waals surface area contributed by atoms with Crippen LogP contribution in [0.15, 0.2) is 12.1 Å². The topological polar surface area (TPSA) is 46.2 Å². The summed E-state index contributed by atoms with van der Waals surface area (Å²) in [6.45, 7) is 0. The van der Waals surface area contributed by atoms with Gasteiger partial charge in [0.1, 0.15) is 0 Å². The molecular formula is C10H10INO2S3. The van der Waals surface area contributed by atoms with Gasteiger partial charge in [-0.3, -0.25) is 0 Å². The lowest BCUT2D eigenvalue weighted by atomic mass is 10.2. The van der Waals surface area contributed by atoms with Crippen molar-refractivity contribution in [1.29, 1.82) is 0 Å². The molecule has 3 rings (SSSR count). The minimum Gasteiger partial charge on any atom is -0.213 e. The molecule has 0 atom stereocenters. The fourth-order valence-electron chi connectivity index (χ4n) is 1.92. The molecule has 0 amide bonds. The highest BCUT2D eigenvalue weighted by Crippen LogP contribution is 2.50. The van der Waals surface area contributed by atoms with Crippen molar-refractivity contribution >= 4 is 64.7 Å². The number of nitrogens with one attached hydrogen (secondary N) is 1. The van der Waals surface area contributed by atoms with Crippen molar-refractivity contribution in [3.05, 3.63) is 19.9 Å². The van der Waals surface area contributed by atoms with Crippen molar-refractivity contribution in [2.24, 2.45) is 0 Å². The molecule has 3 nitrogen and oxygen atoms in total. The van der Waals surface area contributed by atoms with Crippen LogP contribution in [0.4, 0.5) is 0 Å². The van der Waals surface area contributed by atoms with Crippen LogP contribution in [0.3, 0.4) is 0 Å². The molecule has 1 aliphatic rings. The minimum absolute atomic E-state index is 0.303. The standard InChI is InChI=1S/C10H10INO2S3/c1-17(13,14)12-10(2-3-10)8-4-6-7(15-8)5-9(11)16-6/h4-5,12H,2-3H2,1H3. The van der Waals surface area contributed by atoms with Crippen LogP contribution in [0.5, 0.6) is 0 Å². The zero-order chi connectivity index (χ0) is 12.3. The predicted octanol–water partition coefficient (Wildman–Crippen LogP) is 3.11. The third kappa shape index (κ3) is 2.40. The van der Waals surface area contributed by atoms with Gasteiger partial charge in [0, 0.05) is 14.3 Å². The molecule has 0 spiro atoms. The van der Waals surface area contributed by atoms with Gasteiger partial charge in [-0.15, -0.1) is 22.7 Å². The molecule has 92 valence electrons. The molecule has 17 heavy (non-hydrogen) atoms. The van der Waals surface area contributed by atoms with Gasteiger partial charge in [0.15, 0.2) is 0 Å². The van der Waals surface area contributed by atoms with E-state index in [0.29, 0.717) is 0 Å². The minimum atomic E-state index is -3.14.